The first-order valence-electron chi connectivity index (χ1n) is 16.4. The van der Waals surface area contributed by atoms with Crippen LogP contribution in [0.5, 0.6) is 0 Å². The lowest BCUT2D eigenvalue weighted by Gasteiger charge is -2.20. The molecule has 2 heterocycles. The highest BCUT2D eigenvalue weighted by molar-refractivity contribution is 6.28. The topological polar surface area (TPSA) is 25.8 Å². The van der Waals surface area contributed by atoms with E-state index in [1.54, 1.807) is 0 Å². The molecule has 9 aromatic rings. The quantitative estimate of drug-likeness (QED) is 0.199. The molecule has 0 radical (unpaired) electrons. The van der Waals surface area contributed by atoms with Gasteiger partial charge < -0.3 is 0 Å². The van der Waals surface area contributed by atoms with Gasteiger partial charge in [0.05, 0.1) is 11.4 Å². The predicted molar refractivity (Wildman–Crippen MR) is 201 cm³/mol. The van der Waals surface area contributed by atoms with Crippen LogP contribution in [0.1, 0.15) is 0 Å². The summed E-state index contributed by atoms with van der Waals surface area (Å²) in [5, 5.41) is 7.38. The second kappa shape index (κ2) is 10.6. The molecule has 2 nitrogen and oxygen atoms in total. The fourth-order valence-corrected chi connectivity index (χ4v) is 7.79. The van der Waals surface area contributed by atoms with Gasteiger partial charge in [0, 0.05) is 23.3 Å². The van der Waals surface area contributed by atoms with Crippen molar-refractivity contribution in [3.63, 3.8) is 0 Å². The second-order valence-electron chi connectivity index (χ2n) is 12.5. The van der Waals surface area contributed by atoms with Gasteiger partial charge in [0.2, 0.25) is 0 Å². The highest BCUT2D eigenvalue weighted by atomic mass is 14.8. The Morgan fingerprint density at radius 2 is 0.875 bits per heavy atom. The van der Waals surface area contributed by atoms with E-state index in [-0.39, 0.29) is 0 Å². The van der Waals surface area contributed by atoms with Crippen molar-refractivity contribution in [2.24, 2.45) is 0 Å². The zero-order valence-corrected chi connectivity index (χ0v) is 26.1. The van der Waals surface area contributed by atoms with Crippen LogP contribution in [-0.2, 0) is 0 Å². The standard InChI is InChI=1S/C46H28N2/c1-3-12-29(13-4-1)42-36-18-9-10-19-37(36)43(30-14-5-2-6-15-30)46-39-24-23-34(35-20-11-21-38(44(35)39)45(42)46)33-22-25-40(47-28-33)41-26-31-16-7-8-17-32(31)27-48-41/h1-28H. The third-order valence-corrected chi connectivity index (χ3v) is 9.89. The molecule has 10 rings (SSSR count). The molecule has 7 aromatic carbocycles. The molecule has 48 heavy (non-hydrogen) atoms. The molecule has 0 N–H and O–H groups in total. The fraction of sp³-hybridized carbons (Fsp3) is 0. The van der Waals surface area contributed by atoms with E-state index in [4.69, 9.17) is 9.97 Å². The van der Waals surface area contributed by atoms with Crippen LogP contribution < -0.4 is 0 Å². The maximum atomic E-state index is 4.92. The highest BCUT2D eigenvalue weighted by Crippen LogP contribution is 2.58. The predicted octanol–water partition coefficient (Wildman–Crippen LogP) is 12.3. The van der Waals surface area contributed by atoms with Crippen molar-refractivity contribution in [3.05, 3.63) is 170 Å². The summed E-state index contributed by atoms with van der Waals surface area (Å²) >= 11 is 0. The van der Waals surface area contributed by atoms with E-state index in [1.165, 1.54) is 71.6 Å². The Kier molecular flexibility index (Phi) is 5.91. The van der Waals surface area contributed by atoms with E-state index in [9.17, 15) is 0 Å². The maximum Gasteiger partial charge on any atom is 0.0892 e. The summed E-state index contributed by atoms with van der Waals surface area (Å²) in [6.45, 7) is 0. The van der Waals surface area contributed by atoms with Gasteiger partial charge in [-0.05, 0) is 89.1 Å². The molecular formula is C46H28N2. The molecule has 0 unspecified atom stereocenters. The van der Waals surface area contributed by atoms with Crippen molar-refractivity contribution in [3.8, 4) is 67.0 Å². The van der Waals surface area contributed by atoms with Crippen molar-refractivity contribution < 1.29 is 0 Å². The first-order chi connectivity index (χ1) is 23.8. The molecule has 2 aromatic heterocycles. The number of benzene rings is 7. The van der Waals surface area contributed by atoms with Crippen molar-refractivity contribution in [2.45, 2.75) is 0 Å². The lowest BCUT2D eigenvalue weighted by molar-refractivity contribution is 1.26. The number of pyridine rings is 2. The van der Waals surface area contributed by atoms with Gasteiger partial charge >= 0.3 is 0 Å². The third-order valence-electron chi connectivity index (χ3n) is 9.89. The van der Waals surface area contributed by atoms with Crippen molar-refractivity contribution in [2.75, 3.05) is 0 Å². The zero-order chi connectivity index (χ0) is 31.6. The summed E-state index contributed by atoms with van der Waals surface area (Å²) in [5.74, 6) is 0. The SMILES string of the molecule is c1ccc(-c2c3c(c(-c4ccccc4)c4ccccc24)-c2ccc(-c4ccc(-c5cc6ccccc6cn5)nc4)c4cccc-3c24)cc1. The van der Waals surface area contributed by atoms with Crippen LogP contribution in [0.4, 0.5) is 0 Å². The number of rotatable bonds is 4. The number of hydrogen-bond acceptors (Lipinski definition) is 2. The van der Waals surface area contributed by atoms with Crippen LogP contribution >= 0.6 is 0 Å². The van der Waals surface area contributed by atoms with Crippen molar-refractivity contribution in [1.82, 2.24) is 9.97 Å². The Balaban J connectivity index is 1.21. The van der Waals surface area contributed by atoms with Crippen LogP contribution in [0.3, 0.4) is 0 Å². The molecule has 222 valence electrons. The molecule has 0 aliphatic heterocycles. The number of hydrogen-bond donors (Lipinski definition) is 0. The number of fused-ring (bicyclic) bond motifs is 5. The average molecular weight is 609 g/mol. The highest BCUT2D eigenvalue weighted by Gasteiger charge is 2.31. The van der Waals surface area contributed by atoms with Gasteiger partial charge in [0.25, 0.3) is 0 Å². The van der Waals surface area contributed by atoms with Crippen LogP contribution in [-0.4, -0.2) is 9.97 Å². The van der Waals surface area contributed by atoms with Crippen LogP contribution in [0.25, 0.3) is 99.3 Å². The molecule has 1 aliphatic rings. The van der Waals surface area contributed by atoms with Gasteiger partial charge in [-0.25, -0.2) is 0 Å². The molecule has 0 amide bonds. The summed E-state index contributed by atoms with van der Waals surface area (Å²) in [7, 11) is 0. The molecule has 0 bridgehead atoms. The maximum absolute atomic E-state index is 4.92. The van der Waals surface area contributed by atoms with Gasteiger partial charge in [0.15, 0.2) is 0 Å². The first-order valence-corrected chi connectivity index (χ1v) is 16.4. The van der Waals surface area contributed by atoms with E-state index >= 15 is 0 Å². The van der Waals surface area contributed by atoms with Crippen LogP contribution in [0, 0.1) is 0 Å². The Labute approximate surface area is 278 Å². The van der Waals surface area contributed by atoms with Gasteiger partial charge in [-0.1, -0.05) is 146 Å². The Morgan fingerprint density at radius 1 is 0.312 bits per heavy atom. The molecular weight excluding hydrogens is 581 g/mol. The second-order valence-corrected chi connectivity index (χ2v) is 12.5. The summed E-state index contributed by atoms with van der Waals surface area (Å²) < 4.78 is 0. The van der Waals surface area contributed by atoms with Crippen LogP contribution in [0.2, 0.25) is 0 Å². The smallest absolute Gasteiger partial charge is 0.0892 e. The Hall–Kier alpha value is -6.38. The largest absolute Gasteiger partial charge is 0.254 e. The van der Waals surface area contributed by atoms with E-state index in [0.717, 1.165) is 27.7 Å². The fourth-order valence-electron chi connectivity index (χ4n) is 7.79. The van der Waals surface area contributed by atoms with Crippen molar-refractivity contribution >= 4 is 32.3 Å². The molecule has 0 spiro atoms. The van der Waals surface area contributed by atoms with Gasteiger partial charge in [-0.15, -0.1) is 0 Å². The lowest BCUT2D eigenvalue weighted by Crippen LogP contribution is -1.93. The van der Waals surface area contributed by atoms with E-state index in [1.807, 2.05) is 18.5 Å². The monoisotopic (exact) mass is 608 g/mol. The third kappa shape index (κ3) is 4.00. The number of aromatic nitrogens is 2. The van der Waals surface area contributed by atoms with E-state index < -0.39 is 0 Å². The number of nitrogens with zero attached hydrogens (tertiary/aromatic N) is 2. The first kappa shape index (κ1) is 26.8. The summed E-state index contributed by atoms with van der Waals surface area (Å²) in [6, 6.07) is 56.8. The van der Waals surface area contributed by atoms with Crippen LogP contribution in [0.15, 0.2) is 170 Å². The lowest BCUT2D eigenvalue weighted by atomic mass is 9.82. The minimum Gasteiger partial charge on any atom is -0.254 e. The molecule has 0 saturated carbocycles. The molecule has 0 saturated heterocycles. The normalized spacial score (nSPS) is 11.8. The molecule has 0 atom stereocenters. The molecule has 1 aliphatic carbocycles. The Bertz CT molecular complexity index is 2600. The summed E-state index contributed by atoms with van der Waals surface area (Å²) in [5.41, 5.74) is 14.3. The van der Waals surface area contributed by atoms with Gasteiger partial charge in [0.1, 0.15) is 0 Å². The zero-order valence-electron chi connectivity index (χ0n) is 26.1. The molecule has 0 fully saturated rings. The van der Waals surface area contributed by atoms with Crippen molar-refractivity contribution in [1.29, 1.82) is 0 Å². The molecule has 2 heteroatoms. The van der Waals surface area contributed by atoms with Gasteiger partial charge in [-0.2, -0.15) is 0 Å². The summed E-state index contributed by atoms with van der Waals surface area (Å²) in [6.07, 6.45) is 3.93. The summed E-state index contributed by atoms with van der Waals surface area (Å²) in [4.78, 5) is 9.63. The average Bonchev–Trinajstić information content (AvgIpc) is 3.49. The van der Waals surface area contributed by atoms with E-state index in [0.29, 0.717) is 0 Å². The Morgan fingerprint density at radius 3 is 1.54 bits per heavy atom. The van der Waals surface area contributed by atoms with E-state index in [2.05, 4.69) is 152 Å². The minimum atomic E-state index is 0.870. The minimum absolute atomic E-state index is 0.870. The van der Waals surface area contributed by atoms with Gasteiger partial charge in [-0.3, -0.25) is 9.97 Å².